The van der Waals surface area contributed by atoms with Gasteiger partial charge in [-0.1, -0.05) is 18.5 Å². The fourth-order valence-electron chi connectivity index (χ4n) is 2.27. The van der Waals surface area contributed by atoms with Gasteiger partial charge in [-0.3, -0.25) is 4.55 Å². The lowest BCUT2D eigenvalue weighted by molar-refractivity contribution is 0.0526. The minimum Gasteiger partial charge on any atom is -0.462 e. The van der Waals surface area contributed by atoms with Crippen LogP contribution in [0.15, 0.2) is 27.9 Å². The Bertz CT molecular complexity index is 983. The topological polar surface area (TPSA) is 123 Å². The highest BCUT2D eigenvalue weighted by molar-refractivity contribution is 7.86. The minimum atomic E-state index is -4.57. The first kappa shape index (κ1) is 21.1. The lowest BCUT2D eigenvalue weighted by atomic mass is 10.2. The summed E-state index contributed by atoms with van der Waals surface area (Å²) < 4.78 is 51.1. The van der Waals surface area contributed by atoms with Crippen LogP contribution in [0.25, 0.3) is 5.65 Å². The Morgan fingerprint density at radius 2 is 2.11 bits per heavy atom. The number of hydrogen-bond donors (Lipinski definition) is 2. The number of rotatable bonds is 8. The molecule has 0 aromatic carbocycles. The molecule has 148 valence electrons. The summed E-state index contributed by atoms with van der Waals surface area (Å²) in [4.78, 5) is 15.5. The highest BCUT2D eigenvalue weighted by Gasteiger charge is 2.24. The number of fused-ring (bicyclic) bond motifs is 1. The summed E-state index contributed by atoms with van der Waals surface area (Å²) in [6.07, 6.45) is 2.40. The molecule has 0 spiro atoms. The zero-order valence-electron chi connectivity index (χ0n) is 14.6. The van der Waals surface area contributed by atoms with Crippen LogP contribution in [0.1, 0.15) is 30.6 Å². The van der Waals surface area contributed by atoms with Gasteiger partial charge in [-0.25, -0.2) is 14.2 Å². The molecule has 12 heteroatoms. The average molecular weight is 421 g/mol. The van der Waals surface area contributed by atoms with Gasteiger partial charge in [-0.05, 0) is 18.9 Å². The summed E-state index contributed by atoms with van der Waals surface area (Å²) in [5.41, 5.74) is 0.151. The molecule has 27 heavy (non-hydrogen) atoms. The number of alkyl halides is 1. The lowest BCUT2D eigenvalue weighted by Gasteiger charge is -2.13. The van der Waals surface area contributed by atoms with E-state index in [1.807, 2.05) is 0 Å². The smallest absolute Gasteiger partial charge is 0.343 e. The maximum atomic E-state index is 13.0. The molecule has 0 amide bonds. The first-order valence-electron chi connectivity index (χ1n) is 7.92. The van der Waals surface area contributed by atoms with Crippen LogP contribution in [0.3, 0.4) is 0 Å². The predicted octanol–water partition coefficient (Wildman–Crippen LogP) is 2.44. The van der Waals surface area contributed by atoms with Crippen LogP contribution < -0.4 is 5.32 Å². The number of nitrogens with zero attached hydrogens (tertiary/aromatic N) is 3. The molecule has 0 unspecified atom stereocenters. The molecule has 0 saturated carbocycles. The fraction of sp³-hybridized carbons (Fsp3) is 0.400. The van der Waals surface area contributed by atoms with E-state index in [1.54, 1.807) is 13.8 Å². The standard InChI is InChI=1S/C15H18ClFN4O5S/c1-3-9(5-17)11(16)7-19-13-10(15(22)26-4-2)6-18-14-12(27(23,24)25)8-20-21(13)14/h6,8,19H,3-5,7H2,1-2H3,(H,23,24,25)/b11-9-. The number of ether oxygens (including phenoxy) is 1. The normalized spacial score (nSPS) is 12.8. The molecule has 0 bridgehead atoms. The van der Waals surface area contributed by atoms with Crippen LogP contribution in [0.2, 0.25) is 0 Å². The summed E-state index contributed by atoms with van der Waals surface area (Å²) in [6.45, 7) is 2.71. The van der Waals surface area contributed by atoms with Crippen molar-refractivity contribution in [2.24, 2.45) is 0 Å². The number of allylic oxidation sites excluding steroid dienone is 1. The molecule has 2 aromatic heterocycles. The van der Waals surface area contributed by atoms with Crippen LogP contribution in [0.5, 0.6) is 0 Å². The van der Waals surface area contributed by atoms with Gasteiger partial charge in [-0.2, -0.15) is 18.0 Å². The van der Waals surface area contributed by atoms with E-state index in [0.717, 1.165) is 16.9 Å². The van der Waals surface area contributed by atoms with E-state index in [9.17, 15) is 22.2 Å². The van der Waals surface area contributed by atoms with Gasteiger partial charge in [0.05, 0.1) is 19.3 Å². The fourth-order valence-corrected chi connectivity index (χ4v) is 3.07. The van der Waals surface area contributed by atoms with Gasteiger partial charge in [0.15, 0.2) is 10.5 Å². The third-order valence-electron chi connectivity index (χ3n) is 3.65. The number of carbonyl (C=O) groups is 1. The Balaban J connectivity index is 2.58. The molecule has 9 nitrogen and oxygen atoms in total. The van der Waals surface area contributed by atoms with E-state index in [4.69, 9.17) is 16.3 Å². The first-order valence-corrected chi connectivity index (χ1v) is 9.73. The number of carbonyl (C=O) groups excluding carboxylic acids is 1. The quantitative estimate of drug-likeness (QED) is 0.493. The second-order valence-electron chi connectivity index (χ2n) is 5.31. The average Bonchev–Trinajstić information content (AvgIpc) is 3.05. The van der Waals surface area contributed by atoms with Gasteiger partial charge in [0.1, 0.15) is 18.1 Å². The molecule has 0 fully saturated rings. The van der Waals surface area contributed by atoms with Crippen molar-refractivity contribution in [3.63, 3.8) is 0 Å². The summed E-state index contributed by atoms with van der Waals surface area (Å²) in [5.74, 6) is -0.680. The number of esters is 1. The Morgan fingerprint density at radius 3 is 2.67 bits per heavy atom. The van der Waals surface area contributed by atoms with Crippen LogP contribution in [0.4, 0.5) is 10.2 Å². The second-order valence-corrected chi connectivity index (χ2v) is 7.16. The van der Waals surface area contributed by atoms with Crippen LogP contribution in [-0.2, 0) is 14.9 Å². The van der Waals surface area contributed by atoms with Crippen molar-refractivity contribution in [1.82, 2.24) is 14.6 Å². The summed E-state index contributed by atoms with van der Waals surface area (Å²) in [6, 6.07) is 0. The Labute approximate surface area is 159 Å². The van der Waals surface area contributed by atoms with E-state index in [2.05, 4.69) is 15.4 Å². The van der Waals surface area contributed by atoms with Crippen molar-refractivity contribution >= 4 is 39.2 Å². The maximum absolute atomic E-state index is 13.0. The third-order valence-corrected chi connectivity index (χ3v) is 4.90. The summed E-state index contributed by atoms with van der Waals surface area (Å²) >= 11 is 6.10. The molecule has 0 radical (unpaired) electrons. The third kappa shape index (κ3) is 4.54. The highest BCUT2D eigenvalue weighted by Crippen LogP contribution is 2.23. The summed E-state index contributed by atoms with van der Waals surface area (Å²) in [5, 5.41) is 6.91. The molecule has 2 rings (SSSR count). The Morgan fingerprint density at radius 1 is 1.41 bits per heavy atom. The van der Waals surface area contributed by atoms with E-state index in [-0.39, 0.29) is 35.2 Å². The van der Waals surface area contributed by atoms with Crippen molar-refractivity contribution in [2.45, 2.75) is 25.2 Å². The number of halogens is 2. The number of aromatic nitrogens is 3. The maximum Gasteiger partial charge on any atom is 0.343 e. The van der Waals surface area contributed by atoms with Crippen molar-refractivity contribution < 1.29 is 26.9 Å². The molecule has 2 N–H and O–H groups in total. The van der Waals surface area contributed by atoms with Crippen LogP contribution >= 0.6 is 11.6 Å². The largest absolute Gasteiger partial charge is 0.462 e. The van der Waals surface area contributed by atoms with Crippen LogP contribution in [0, 0.1) is 0 Å². The van der Waals surface area contributed by atoms with Gasteiger partial charge in [0.25, 0.3) is 10.1 Å². The van der Waals surface area contributed by atoms with Gasteiger partial charge >= 0.3 is 5.97 Å². The van der Waals surface area contributed by atoms with Gasteiger partial charge < -0.3 is 10.1 Å². The molecule has 2 heterocycles. The molecule has 0 aliphatic heterocycles. The van der Waals surface area contributed by atoms with Gasteiger partial charge in [-0.15, -0.1) is 0 Å². The van der Waals surface area contributed by atoms with E-state index < -0.39 is 27.7 Å². The van der Waals surface area contributed by atoms with Crippen molar-refractivity contribution in [3.8, 4) is 0 Å². The molecule has 0 atom stereocenters. The monoisotopic (exact) mass is 420 g/mol. The van der Waals surface area contributed by atoms with Gasteiger partial charge in [0.2, 0.25) is 0 Å². The zero-order chi connectivity index (χ0) is 20.2. The SMILES string of the molecule is CCOC(=O)c1cnc2c(S(=O)(=O)O)cnn2c1NC/C(Cl)=C(\CC)CF. The molecule has 2 aromatic rings. The van der Waals surface area contributed by atoms with Gasteiger partial charge in [0, 0.05) is 11.2 Å². The zero-order valence-corrected chi connectivity index (χ0v) is 16.1. The summed E-state index contributed by atoms with van der Waals surface area (Å²) in [7, 11) is -4.57. The predicted molar refractivity (Wildman–Crippen MR) is 96.4 cm³/mol. The van der Waals surface area contributed by atoms with Crippen molar-refractivity contribution in [1.29, 1.82) is 0 Å². The van der Waals surface area contributed by atoms with E-state index in [0.29, 0.717) is 12.0 Å². The Kier molecular flexibility index (Phi) is 6.73. The molecular weight excluding hydrogens is 403 g/mol. The highest BCUT2D eigenvalue weighted by atomic mass is 35.5. The van der Waals surface area contributed by atoms with Crippen molar-refractivity contribution in [2.75, 3.05) is 25.1 Å². The van der Waals surface area contributed by atoms with E-state index in [1.165, 1.54) is 0 Å². The van der Waals surface area contributed by atoms with Crippen LogP contribution in [-0.4, -0.2) is 53.4 Å². The second kappa shape index (κ2) is 8.63. The number of nitrogens with one attached hydrogen (secondary N) is 1. The minimum absolute atomic E-state index is 0.0305. The van der Waals surface area contributed by atoms with E-state index >= 15 is 0 Å². The molecule has 0 aliphatic rings. The van der Waals surface area contributed by atoms with Crippen molar-refractivity contribution in [3.05, 3.63) is 28.6 Å². The lowest BCUT2D eigenvalue weighted by Crippen LogP contribution is -2.16. The number of hydrogen-bond acceptors (Lipinski definition) is 7. The molecule has 0 saturated heterocycles. The Hall–Kier alpha value is -2.24. The molecular formula is C15H18ClFN4O5S. The number of anilines is 1. The first-order chi connectivity index (χ1) is 12.7. The molecule has 0 aliphatic carbocycles.